The van der Waals surface area contributed by atoms with Crippen LogP contribution in [-0.4, -0.2) is 41.5 Å². The Hall–Kier alpha value is -1.59. The van der Waals surface area contributed by atoms with Gasteiger partial charge in [0.05, 0.1) is 12.5 Å². The zero-order valence-corrected chi connectivity index (χ0v) is 12.9. The number of hydrogen-bond donors (Lipinski definition) is 2. The number of aliphatic carboxylic acids is 1. The first-order chi connectivity index (χ1) is 9.86. The molecule has 0 aliphatic carbocycles. The van der Waals surface area contributed by atoms with E-state index in [2.05, 4.69) is 5.32 Å². The minimum Gasteiger partial charge on any atom is -0.481 e. The first-order valence-corrected chi connectivity index (χ1v) is 7.25. The van der Waals surface area contributed by atoms with Crippen LogP contribution in [0.2, 0.25) is 5.02 Å². The molecule has 0 radical (unpaired) electrons. The van der Waals surface area contributed by atoms with Crippen molar-refractivity contribution >= 4 is 29.2 Å². The summed E-state index contributed by atoms with van der Waals surface area (Å²) in [5.41, 5.74) is 1.66. The van der Waals surface area contributed by atoms with E-state index in [0.717, 1.165) is 5.56 Å². The number of carbonyl (C=O) groups is 2. The highest BCUT2D eigenvalue weighted by Crippen LogP contribution is 2.24. The predicted octanol–water partition coefficient (Wildman–Crippen LogP) is 2.24. The lowest BCUT2D eigenvalue weighted by atomic mass is 9.87. The summed E-state index contributed by atoms with van der Waals surface area (Å²) in [5, 5.41) is 12.3. The summed E-state index contributed by atoms with van der Waals surface area (Å²) in [6, 6.07) is 5.35. The minimum absolute atomic E-state index is 0.109. The highest BCUT2D eigenvalue weighted by Gasteiger charge is 2.35. The van der Waals surface area contributed by atoms with Crippen molar-refractivity contribution in [1.29, 1.82) is 0 Å². The molecule has 2 N–H and O–H groups in total. The number of anilines is 1. The summed E-state index contributed by atoms with van der Waals surface area (Å²) in [6.45, 7) is 5.18. The Morgan fingerprint density at radius 3 is 2.76 bits per heavy atom. The molecule has 114 valence electrons. The molecule has 1 saturated heterocycles. The number of hydrogen-bond acceptors (Lipinski definition) is 3. The quantitative estimate of drug-likeness (QED) is 0.875. The molecule has 0 saturated carbocycles. The van der Waals surface area contributed by atoms with Crippen LogP contribution in [0.5, 0.6) is 0 Å². The first-order valence-electron chi connectivity index (χ1n) is 6.88. The fourth-order valence-corrected chi connectivity index (χ4v) is 2.55. The van der Waals surface area contributed by atoms with E-state index in [9.17, 15) is 9.59 Å². The van der Waals surface area contributed by atoms with Crippen LogP contribution in [0.25, 0.3) is 0 Å². The number of nitrogens with one attached hydrogen (secondary N) is 1. The summed E-state index contributed by atoms with van der Waals surface area (Å²) in [4.78, 5) is 24.8. The van der Waals surface area contributed by atoms with Gasteiger partial charge >= 0.3 is 5.97 Å². The maximum absolute atomic E-state index is 12.0. The SMILES string of the molecule is Cc1ccc(Cl)cc1NC(=O)CN1CC(C(C)C(=O)O)C1. The van der Waals surface area contributed by atoms with Gasteiger partial charge in [0.15, 0.2) is 0 Å². The van der Waals surface area contributed by atoms with Crippen LogP contribution in [-0.2, 0) is 9.59 Å². The van der Waals surface area contributed by atoms with Gasteiger partial charge in [0.1, 0.15) is 0 Å². The van der Waals surface area contributed by atoms with E-state index in [0.29, 0.717) is 23.8 Å². The van der Waals surface area contributed by atoms with Crippen molar-refractivity contribution in [1.82, 2.24) is 4.90 Å². The Bertz CT molecular complexity index is 556. The molecule has 2 rings (SSSR count). The summed E-state index contributed by atoms with van der Waals surface area (Å²) in [5.74, 6) is -1.12. The number of aryl methyl sites for hydroxylation is 1. The van der Waals surface area contributed by atoms with Gasteiger partial charge in [0, 0.05) is 23.8 Å². The van der Waals surface area contributed by atoms with Crippen molar-refractivity contribution in [2.24, 2.45) is 11.8 Å². The molecule has 1 aromatic carbocycles. The van der Waals surface area contributed by atoms with E-state index in [1.165, 1.54) is 0 Å². The second kappa shape index (κ2) is 6.45. The molecule has 1 unspecified atom stereocenters. The fraction of sp³-hybridized carbons (Fsp3) is 0.467. The van der Waals surface area contributed by atoms with Crippen LogP contribution in [0, 0.1) is 18.8 Å². The van der Waals surface area contributed by atoms with Crippen molar-refractivity contribution in [2.45, 2.75) is 13.8 Å². The second-order valence-corrected chi connectivity index (χ2v) is 6.02. The smallest absolute Gasteiger partial charge is 0.306 e. The maximum atomic E-state index is 12.0. The number of halogens is 1. The van der Waals surface area contributed by atoms with Gasteiger partial charge < -0.3 is 10.4 Å². The Kier molecular flexibility index (Phi) is 4.85. The number of likely N-dealkylation sites (tertiary alicyclic amines) is 1. The minimum atomic E-state index is -0.779. The standard InChI is InChI=1S/C15H19ClN2O3/c1-9-3-4-12(16)5-13(9)17-14(19)8-18-6-11(7-18)10(2)15(20)21/h3-5,10-11H,6-8H2,1-2H3,(H,17,19)(H,20,21). The molecule has 21 heavy (non-hydrogen) atoms. The van der Waals surface area contributed by atoms with E-state index >= 15 is 0 Å². The van der Waals surface area contributed by atoms with E-state index in [4.69, 9.17) is 16.7 Å². The van der Waals surface area contributed by atoms with E-state index in [1.54, 1.807) is 19.1 Å². The normalized spacial score (nSPS) is 17.1. The topological polar surface area (TPSA) is 69.6 Å². The third-order valence-electron chi connectivity index (χ3n) is 3.92. The highest BCUT2D eigenvalue weighted by molar-refractivity contribution is 6.31. The lowest BCUT2D eigenvalue weighted by Gasteiger charge is -2.40. The average Bonchev–Trinajstić information content (AvgIpc) is 2.37. The van der Waals surface area contributed by atoms with E-state index in [-0.39, 0.29) is 24.3 Å². The second-order valence-electron chi connectivity index (χ2n) is 5.59. The molecule has 1 amide bonds. The molecule has 0 spiro atoms. The molecule has 0 aromatic heterocycles. The molecule has 1 aliphatic rings. The zero-order chi connectivity index (χ0) is 15.6. The molecular weight excluding hydrogens is 292 g/mol. The number of rotatable bonds is 5. The van der Waals surface area contributed by atoms with Gasteiger partial charge in [0.25, 0.3) is 0 Å². The molecule has 1 heterocycles. The summed E-state index contributed by atoms with van der Waals surface area (Å²) in [7, 11) is 0. The van der Waals surface area contributed by atoms with Crippen molar-refractivity contribution in [3.05, 3.63) is 28.8 Å². The molecule has 5 nitrogen and oxygen atoms in total. The molecule has 1 atom stereocenters. The summed E-state index contributed by atoms with van der Waals surface area (Å²) >= 11 is 5.91. The van der Waals surface area contributed by atoms with Crippen molar-refractivity contribution in [2.75, 3.05) is 25.0 Å². The lowest BCUT2D eigenvalue weighted by molar-refractivity contribution is -0.145. The van der Waals surface area contributed by atoms with E-state index < -0.39 is 5.97 Å². The number of carboxylic acids is 1. The molecule has 1 aliphatic heterocycles. The van der Waals surface area contributed by atoms with Crippen LogP contribution in [0.1, 0.15) is 12.5 Å². The van der Waals surface area contributed by atoms with Crippen LogP contribution >= 0.6 is 11.6 Å². The third kappa shape index (κ3) is 3.95. The molecule has 6 heteroatoms. The van der Waals surface area contributed by atoms with Gasteiger partial charge in [-0.05, 0) is 30.5 Å². The monoisotopic (exact) mass is 310 g/mol. The number of amides is 1. The van der Waals surface area contributed by atoms with Gasteiger partial charge in [-0.3, -0.25) is 14.5 Å². The summed E-state index contributed by atoms with van der Waals surface area (Å²) in [6.07, 6.45) is 0. The summed E-state index contributed by atoms with van der Waals surface area (Å²) < 4.78 is 0. The Morgan fingerprint density at radius 2 is 2.14 bits per heavy atom. The van der Waals surface area contributed by atoms with Crippen LogP contribution < -0.4 is 5.32 Å². The Labute approximate surface area is 128 Å². The molecular formula is C15H19ClN2O3. The molecule has 1 fully saturated rings. The molecule has 1 aromatic rings. The average molecular weight is 311 g/mol. The third-order valence-corrected chi connectivity index (χ3v) is 4.16. The van der Waals surface area contributed by atoms with Crippen molar-refractivity contribution in [3.63, 3.8) is 0 Å². The number of carboxylic acid groups (broad SMARTS) is 1. The number of carbonyl (C=O) groups excluding carboxylic acids is 1. The fourth-order valence-electron chi connectivity index (χ4n) is 2.38. The van der Waals surface area contributed by atoms with Gasteiger partial charge in [-0.2, -0.15) is 0 Å². The lowest BCUT2D eigenvalue weighted by Crippen LogP contribution is -2.53. The maximum Gasteiger partial charge on any atom is 0.306 e. The van der Waals surface area contributed by atoms with Gasteiger partial charge in [-0.1, -0.05) is 24.6 Å². The van der Waals surface area contributed by atoms with E-state index in [1.807, 2.05) is 17.9 Å². The zero-order valence-electron chi connectivity index (χ0n) is 12.1. The van der Waals surface area contributed by atoms with Gasteiger partial charge in [0.2, 0.25) is 5.91 Å². The van der Waals surface area contributed by atoms with Crippen LogP contribution in [0.15, 0.2) is 18.2 Å². The van der Waals surface area contributed by atoms with Gasteiger partial charge in [-0.15, -0.1) is 0 Å². The number of benzene rings is 1. The van der Waals surface area contributed by atoms with Crippen LogP contribution in [0.4, 0.5) is 5.69 Å². The Morgan fingerprint density at radius 1 is 1.48 bits per heavy atom. The van der Waals surface area contributed by atoms with Crippen molar-refractivity contribution < 1.29 is 14.7 Å². The largest absolute Gasteiger partial charge is 0.481 e. The highest BCUT2D eigenvalue weighted by atomic mass is 35.5. The number of nitrogens with zero attached hydrogens (tertiary/aromatic N) is 1. The van der Waals surface area contributed by atoms with Crippen LogP contribution in [0.3, 0.4) is 0 Å². The van der Waals surface area contributed by atoms with Crippen molar-refractivity contribution in [3.8, 4) is 0 Å². The predicted molar refractivity (Wildman–Crippen MR) is 81.5 cm³/mol. The Balaban J connectivity index is 1.82. The van der Waals surface area contributed by atoms with Gasteiger partial charge in [-0.25, -0.2) is 0 Å². The first kappa shape index (κ1) is 15.8. The molecule has 0 bridgehead atoms.